The highest BCUT2D eigenvalue weighted by molar-refractivity contribution is 5.87. The first-order valence-electron chi connectivity index (χ1n) is 11.2. The van der Waals surface area contributed by atoms with Crippen LogP contribution in [-0.2, 0) is 11.3 Å². The summed E-state index contributed by atoms with van der Waals surface area (Å²) < 4.78 is 5.65. The Labute approximate surface area is 184 Å². The number of carbonyl (C=O) groups excluding carboxylic acids is 2. The van der Waals surface area contributed by atoms with Gasteiger partial charge in [0.15, 0.2) is 0 Å². The van der Waals surface area contributed by atoms with E-state index >= 15 is 0 Å². The Kier molecular flexibility index (Phi) is 8.53. The van der Waals surface area contributed by atoms with Crippen molar-refractivity contribution in [1.29, 1.82) is 0 Å². The largest absolute Gasteiger partial charge is 0.468 e. The third kappa shape index (κ3) is 6.85. The van der Waals surface area contributed by atoms with Gasteiger partial charge in [-0.2, -0.15) is 0 Å². The molecule has 31 heavy (non-hydrogen) atoms. The van der Waals surface area contributed by atoms with E-state index in [1.54, 1.807) is 6.26 Å². The lowest BCUT2D eigenvalue weighted by Crippen LogP contribution is -2.53. The zero-order valence-electron chi connectivity index (χ0n) is 18.5. The van der Waals surface area contributed by atoms with Crippen molar-refractivity contribution in [3.63, 3.8) is 0 Å². The van der Waals surface area contributed by atoms with Crippen molar-refractivity contribution in [2.75, 3.05) is 19.6 Å². The molecule has 168 valence electrons. The van der Waals surface area contributed by atoms with Gasteiger partial charge in [-0.25, -0.2) is 4.79 Å². The van der Waals surface area contributed by atoms with Crippen LogP contribution in [0.15, 0.2) is 53.1 Å². The van der Waals surface area contributed by atoms with E-state index in [1.807, 2.05) is 56.3 Å². The summed E-state index contributed by atoms with van der Waals surface area (Å²) in [6.07, 6.45) is 5.22. The molecule has 0 saturated carbocycles. The maximum absolute atomic E-state index is 12.9. The molecule has 1 aliphatic rings. The van der Waals surface area contributed by atoms with Gasteiger partial charge in [0.25, 0.3) is 0 Å². The summed E-state index contributed by atoms with van der Waals surface area (Å²) in [7, 11) is 0. The summed E-state index contributed by atoms with van der Waals surface area (Å²) in [6, 6.07) is 12.6. The minimum atomic E-state index is -0.616. The van der Waals surface area contributed by atoms with Crippen LogP contribution >= 0.6 is 0 Å². The SMILES string of the molecule is CC(C)C(NC(=O)NCc1ccccc1)C(=O)NCC(c1ccco1)N1CCCCC1. The van der Waals surface area contributed by atoms with Crippen molar-refractivity contribution in [1.82, 2.24) is 20.9 Å². The molecule has 7 nitrogen and oxygen atoms in total. The minimum absolute atomic E-state index is 0.000954. The topological polar surface area (TPSA) is 86.6 Å². The van der Waals surface area contributed by atoms with Gasteiger partial charge in [0.1, 0.15) is 11.8 Å². The van der Waals surface area contributed by atoms with Crippen LogP contribution in [0, 0.1) is 5.92 Å². The van der Waals surface area contributed by atoms with E-state index in [-0.39, 0.29) is 23.9 Å². The predicted octanol–water partition coefficient (Wildman–Crippen LogP) is 3.45. The van der Waals surface area contributed by atoms with Gasteiger partial charge in [-0.3, -0.25) is 9.69 Å². The maximum atomic E-state index is 12.9. The smallest absolute Gasteiger partial charge is 0.315 e. The van der Waals surface area contributed by atoms with Gasteiger partial charge in [-0.15, -0.1) is 0 Å². The fourth-order valence-electron chi connectivity index (χ4n) is 3.93. The lowest BCUT2D eigenvalue weighted by atomic mass is 10.0. The first-order valence-corrected chi connectivity index (χ1v) is 11.2. The summed E-state index contributed by atoms with van der Waals surface area (Å²) in [5.41, 5.74) is 1.01. The molecule has 7 heteroatoms. The van der Waals surface area contributed by atoms with Crippen LogP contribution < -0.4 is 16.0 Å². The van der Waals surface area contributed by atoms with Gasteiger partial charge in [0.05, 0.1) is 12.3 Å². The summed E-state index contributed by atoms with van der Waals surface area (Å²) in [6.45, 7) is 6.70. The number of benzene rings is 1. The highest BCUT2D eigenvalue weighted by Crippen LogP contribution is 2.24. The van der Waals surface area contributed by atoms with Gasteiger partial charge in [-0.05, 0) is 49.5 Å². The van der Waals surface area contributed by atoms with Gasteiger partial charge < -0.3 is 20.4 Å². The van der Waals surface area contributed by atoms with Crippen molar-refractivity contribution >= 4 is 11.9 Å². The molecule has 1 aromatic heterocycles. The molecule has 1 saturated heterocycles. The molecule has 2 atom stereocenters. The van der Waals surface area contributed by atoms with Crippen LogP contribution in [-0.4, -0.2) is 42.5 Å². The predicted molar refractivity (Wildman–Crippen MR) is 120 cm³/mol. The van der Waals surface area contributed by atoms with Crippen LogP contribution in [0.25, 0.3) is 0 Å². The van der Waals surface area contributed by atoms with Gasteiger partial charge in [-0.1, -0.05) is 50.6 Å². The number of carbonyl (C=O) groups is 2. The second kappa shape index (κ2) is 11.6. The lowest BCUT2D eigenvalue weighted by Gasteiger charge is -2.34. The number of nitrogens with zero attached hydrogens (tertiary/aromatic N) is 1. The van der Waals surface area contributed by atoms with Gasteiger partial charge >= 0.3 is 6.03 Å². The first kappa shape index (κ1) is 22.9. The molecule has 0 spiro atoms. The van der Waals surface area contributed by atoms with Crippen molar-refractivity contribution < 1.29 is 14.0 Å². The zero-order valence-corrected chi connectivity index (χ0v) is 18.5. The summed E-state index contributed by atoms with van der Waals surface area (Å²) in [4.78, 5) is 27.7. The van der Waals surface area contributed by atoms with Gasteiger partial charge in [0.2, 0.25) is 5.91 Å². The third-order valence-corrected chi connectivity index (χ3v) is 5.70. The van der Waals surface area contributed by atoms with Crippen LogP contribution in [0.4, 0.5) is 4.79 Å². The summed E-state index contributed by atoms with van der Waals surface area (Å²) >= 11 is 0. The molecule has 0 radical (unpaired) electrons. The van der Waals surface area contributed by atoms with Crippen LogP contribution in [0.5, 0.6) is 0 Å². The average Bonchev–Trinajstić information content (AvgIpc) is 3.32. The van der Waals surface area contributed by atoms with E-state index in [1.165, 1.54) is 6.42 Å². The fourth-order valence-corrected chi connectivity index (χ4v) is 3.93. The molecule has 1 fully saturated rings. The molecule has 1 aromatic carbocycles. The van der Waals surface area contributed by atoms with Gasteiger partial charge in [0, 0.05) is 13.1 Å². The molecule has 2 unspecified atom stereocenters. The number of piperidine rings is 1. The number of likely N-dealkylation sites (tertiary alicyclic amines) is 1. The van der Waals surface area contributed by atoms with E-state index in [9.17, 15) is 9.59 Å². The Bertz CT molecular complexity index is 801. The molecular weight excluding hydrogens is 392 g/mol. The quantitative estimate of drug-likeness (QED) is 0.573. The number of rotatable bonds is 9. The average molecular weight is 427 g/mol. The number of hydrogen-bond donors (Lipinski definition) is 3. The number of furan rings is 1. The normalized spacial score (nSPS) is 16.5. The number of nitrogens with one attached hydrogen (secondary N) is 3. The molecule has 1 aliphatic heterocycles. The molecule has 0 bridgehead atoms. The number of amides is 3. The van der Waals surface area contributed by atoms with E-state index in [0.717, 1.165) is 37.3 Å². The summed E-state index contributed by atoms with van der Waals surface area (Å²) in [5, 5.41) is 8.70. The second-order valence-electron chi connectivity index (χ2n) is 8.41. The molecule has 2 heterocycles. The molecule has 3 N–H and O–H groups in total. The monoisotopic (exact) mass is 426 g/mol. The maximum Gasteiger partial charge on any atom is 0.315 e. The van der Waals surface area contributed by atoms with Crippen LogP contribution in [0.2, 0.25) is 0 Å². The Morgan fingerprint density at radius 3 is 2.39 bits per heavy atom. The van der Waals surface area contributed by atoms with Crippen molar-refractivity contribution in [3.8, 4) is 0 Å². The highest BCUT2D eigenvalue weighted by Gasteiger charge is 2.28. The van der Waals surface area contributed by atoms with Crippen molar-refractivity contribution in [2.24, 2.45) is 5.92 Å². The standard InChI is InChI=1S/C24H34N4O3/c1-18(2)22(27-24(30)26-16-19-10-5-3-6-11-19)23(29)25-17-20(21-12-9-15-31-21)28-13-7-4-8-14-28/h3,5-6,9-12,15,18,20,22H,4,7-8,13-14,16-17H2,1-2H3,(H,25,29)(H2,26,27,30). The van der Waals surface area contributed by atoms with Crippen LogP contribution in [0.1, 0.15) is 50.5 Å². The second-order valence-corrected chi connectivity index (χ2v) is 8.41. The molecule has 3 amide bonds. The van der Waals surface area contributed by atoms with E-state index in [4.69, 9.17) is 4.42 Å². The highest BCUT2D eigenvalue weighted by atomic mass is 16.3. The number of urea groups is 1. The lowest BCUT2D eigenvalue weighted by molar-refractivity contribution is -0.124. The molecule has 0 aliphatic carbocycles. The Morgan fingerprint density at radius 1 is 1.00 bits per heavy atom. The number of hydrogen-bond acceptors (Lipinski definition) is 4. The Balaban J connectivity index is 1.55. The van der Waals surface area contributed by atoms with Crippen molar-refractivity contribution in [2.45, 2.75) is 51.7 Å². The molecule has 3 rings (SSSR count). The van der Waals surface area contributed by atoms with Crippen LogP contribution in [0.3, 0.4) is 0 Å². The zero-order chi connectivity index (χ0) is 22.1. The van der Waals surface area contributed by atoms with Crippen molar-refractivity contribution in [3.05, 3.63) is 60.1 Å². The minimum Gasteiger partial charge on any atom is -0.468 e. The van der Waals surface area contributed by atoms with E-state index < -0.39 is 6.04 Å². The third-order valence-electron chi connectivity index (χ3n) is 5.70. The van der Waals surface area contributed by atoms with E-state index in [2.05, 4.69) is 20.9 Å². The fraction of sp³-hybridized carbons (Fsp3) is 0.500. The summed E-state index contributed by atoms with van der Waals surface area (Å²) in [5.74, 6) is 0.634. The Morgan fingerprint density at radius 2 is 1.74 bits per heavy atom. The first-order chi connectivity index (χ1) is 15.0. The Hall–Kier alpha value is -2.80. The molecular formula is C24H34N4O3. The molecule has 2 aromatic rings. The van der Waals surface area contributed by atoms with E-state index in [0.29, 0.717) is 13.1 Å².